The van der Waals surface area contributed by atoms with E-state index in [0.29, 0.717) is 11.2 Å². The second-order valence-corrected chi connectivity index (χ2v) is 2.87. The summed E-state index contributed by atoms with van der Waals surface area (Å²) in [5.74, 6) is 0. The predicted octanol–water partition coefficient (Wildman–Crippen LogP) is 1.50. The first-order valence-electron chi connectivity index (χ1n) is 4.00. The van der Waals surface area contributed by atoms with Crippen molar-refractivity contribution in [2.45, 2.75) is 0 Å². The van der Waals surface area contributed by atoms with Gasteiger partial charge in [0, 0.05) is 24.3 Å². The Morgan fingerprint density at radius 1 is 1.38 bits per heavy atom. The van der Waals surface area contributed by atoms with Gasteiger partial charge in [-0.15, -0.1) is 0 Å². The number of nitrogens with zero attached hydrogens (tertiary/aromatic N) is 1. The van der Waals surface area contributed by atoms with Crippen LogP contribution in [-0.4, -0.2) is 17.0 Å². The summed E-state index contributed by atoms with van der Waals surface area (Å²) in [4.78, 5) is 0. The molecular formula is C9H11N3O. The standard InChI is InChI=1S/C9H11N3O/c1-11-8-3-2-7(10)9-6(8)4-5-12(9)13/h2-5,11,13H,10H2,1H3. The lowest BCUT2D eigenvalue weighted by Crippen LogP contribution is -1.95. The normalized spacial score (nSPS) is 10.5. The fraction of sp³-hybridized carbons (Fsp3) is 0.111. The zero-order chi connectivity index (χ0) is 9.42. The summed E-state index contributed by atoms with van der Waals surface area (Å²) >= 11 is 0. The van der Waals surface area contributed by atoms with Crippen molar-refractivity contribution >= 4 is 22.3 Å². The van der Waals surface area contributed by atoms with E-state index in [-0.39, 0.29) is 0 Å². The molecule has 1 aromatic heterocycles. The van der Waals surface area contributed by atoms with E-state index >= 15 is 0 Å². The Hall–Kier alpha value is -1.84. The number of nitrogens with one attached hydrogen (secondary N) is 1. The van der Waals surface area contributed by atoms with Gasteiger partial charge in [0.25, 0.3) is 0 Å². The molecule has 1 heterocycles. The number of benzene rings is 1. The SMILES string of the molecule is CNc1ccc(N)c2c1ccn2O. The number of hydrogen-bond donors (Lipinski definition) is 3. The van der Waals surface area contributed by atoms with Crippen molar-refractivity contribution in [3.05, 3.63) is 24.4 Å². The van der Waals surface area contributed by atoms with Crippen LogP contribution in [0.2, 0.25) is 0 Å². The molecule has 68 valence electrons. The Bertz CT molecular complexity index is 447. The van der Waals surface area contributed by atoms with Crippen molar-refractivity contribution < 1.29 is 5.21 Å². The molecule has 0 unspecified atom stereocenters. The van der Waals surface area contributed by atoms with Crippen molar-refractivity contribution in [2.75, 3.05) is 18.1 Å². The molecule has 4 N–H and O–H groups in total. The number of nitrogen functional groups attached to an aromatic ring is 1. The number of fused-ring (bicyclic) bond motifs is 1. The third-order valence-corrected chi connectivity index (χ3v) is 2.13. The van der Waals surface area contributed by atoms with E-state index in [9.17, 15) is 5.21 Å². The van der Waals surface area contributed by atoms with Gasteiger partial charge < -0.3 is 16.3 Å². The molecule has 0 radical (unpaired) electrons. The Balaban J connectivity index is 2.87. The molecule has 0 bridgehead atoms. The molecule has 2 rings (SSSR count). The Labute approximate surface area is 75.5 Å². The lowest BCUT2D eigenvalue weighted by atomic mass is 10.2. The second kappa shape index (κ2) is 2.58. The van der Waals surface area contributed by atoms with Gasteiger partial charge in [-0.1, -0.05) is 0 Å². The Kier molecular flexibility index (Phi) is 1.55. The molecule has 1 aromatic carbocycles. The minimum atomic E-state index is 0.571. The first kappa shape index (κ1) is 7.79. The molecule has 0 aliphatic heterocycles. The number of hydrogen-bond acceptors (Lipinski definition) is 3. The zero-order valence-electron chi connectivity index (χ0n) is 7.28. The molecule has 13 heavy (non-hydrogen) atoms. The maximum atomic E-state index is 9.42. The van der Waals surface area contributed by atoms with Crippen LogP contribution in [0.15, 0.2) is 24.4 Å². The maximum absolute atomic E-state index is 9.42. The van der Waals surface area contributed by atoms with Crippen LogP contribution < -0.4 is 11.1 Å². The molecule has 0 saturated heterocycles. The van der Waals surface area contributed by atoms with Gasteiger partial charge in [0.2, 0.25) is 0 Å². The van der Waals surface area contributed by atoms with E-state index in [4.69, 9.17) is 5.73 Å². The minimum Gasteiger partial charge on any atom is -0.428 e. The topological polar surface area (TPSA) is 63.2 Å². The minimum absolute atomic E-state index is 0.571. The van der Waals surface area contributed by atoms with Crippen molar-refractivity contribution in [3.63, 3.8) is 0 Å². The van der Waals surface area contributed by atoms with Crippen molar-refractivity contribution in [1.82, 2.24) is 4.73 Å². The average Bonchev–Trinajstić information content (AvgIpc) is 2.50. The number of aromatic nitrogens is 1. The quantitative estimate of drug-likeness (QED) is 0.457. The molecule has 4 heteroatoms. The van der Waals surface area contributed by atoms with Crippen molar-refractivity contribution in [2.24, 2.45) is 0 Å². The molecule has 0 spiro atoms. The summed E-state index contributed by atoms with van der Waals surface area (Å²) in [7, 11) is 1.83. The largest absolute Gasteiger partial charge is 0.428 e. The van der Waals surface area contributed by atoms with Crippen molar-refractivity contribution in [3.8, 4) is 0 Å². The van der Waals surface area contributed by atoms with Crippen LogP contribution in [0, 0.1) is 0 Å². The summed E-state index contributed by atoms with van der Waals surface area (Å²) in [5.41, 5.74) is 7.89. The van der Waals surface area contributed by atoms with Gasteiger partial charge in [0.15, 0.2) is 0 Å². The van der Waals surface area contributed by atoms with Gasteiger partial charge in [0.1, 0.15) is 5.52 Å². The number of nitrogens with two attached hydrogens (primary N) is 1. The molecule has 0 aliphatic carbocycles. The Morgan fingerprint density at radius 2 is 2.15 bits per heavy atom. The fourth-order valence-electron chi connectivity index (χ4n) is 1.49. The van der Waals surface area contributed by atoms with Crippen LogP contribution >= 0.6 is 0 Å². The molecule has 2 aromatic rings. The molecule has 4 nitrogen and oxygen atoms in total. The van der Waals surface area contributed by atoms with Crippen LogP contribution in [-0.2, 0) is 0 Å². The van der Waals surface area contributed by atoms with Crippen LogP contribution in [0.1, 0.15) is 0 Å². The summed E-state index contributed by atoms with van der Waals surface area (Å²) in [5, 5.41) is 13.4. The fourth-order valence-corrected chi connectivity index (χ4v) is 1.49. The first-order chi connectivity index (χ1) is 6.24. The molecule has 0 aliphatic rings. The van der Waals surface area contributed by atoms with Gasteiger partial charge >= 0.3 is 0 Å². The van der Waals surface area contributed by atoms with E-state index in [0.717, 1.165) is 15.8 Å². The van der Waals surface area contributed by atoms with E-state index in [2.05, 4.69) is 5.32 Å². The molecule has 0 atom stereocenters. The van der Waals surface area contributed by atoms with Crippen LogP contribution in [0.25, 0.3) is 10.9 Å². The highest BCUT2D eigenvalue weighted by molar-refractivity contribution is 5.99. The molecule has 0 fully saturated rings. The molecule has 0 saturated carbocycles. The highest BCUT2D eigenvalue weighted by Gasteiger charge is 2.06. The van der Waals surface area contributed by atoms with Gasteiger partial charge in [-0.3, -0.25) is 0 Å². The second-order valence-electron chi connectivity index (χ2n) is 2.87. The highest BCUT2D eigenvalue weighted by Crippen LogP contribution is 2.28. The maximum Gasteiger partial charge on any atom is 0.111 e. The number of rotatable bonds is 1. The third kappa shape index (κ3) is 0.989. The van der Waals surface area contributed by atoms with Crippen LogP contribution in [0.5, 0.6) is 0 Å². The smallest absolute Gasteiger partial charge is 0.111 e. The van der Waals surface area contributed by atoms with Gasteiger partial charge in [0.05, 0.1) is 5.69 Å². The molecule has 0 amide bonds. The first-order valence-corrected chi connectivity index (χ1v) is 4.00. The number of anilines is 2. The monoisotopic (exact) mass is 177 g/mol. The summed E-state index contributed by atoms with van der Waals surface area (Å²) < 4.78 is 1.03. The van der Waals surface area contributed by atoms with E-state index in [1.54, 1.807) is 12.3 Å². The Morgan fingerprint density at radius 3 is 2.85 bits per heavy atom. The van der Waals surface area contributed by atoms with Crippen LogP contribution in [0.3, 0.4) is 0 Å². The van der Waals surface area contributed by atoms with Crippen LogP contribution in [0.4, 0.5) is 11.4 Å². The summed E-state index contributed by atoms with van der Waals surface area (Å²) in [6.07, 6.45) is 1.57. The van der Waals surface area contributed by atoms with Gasteiger partial charge in [-0.05, 0) is 18.2 Å². The van der Waals surface area contributed by atoms with Gasteiger partial charge in [-0.25, -0.2) is 0 Å². The summed E-state index contributed by atoms with van der Waals surface area (Å²) in [6, 6.07) is 5.47. The zero-order valence-corrected chi connectivity index (χ0v) is 7.28. The summed E-state index contributed by atoms with van der Waals surface area (Å²) in [6.45, 7) is 0. The average molecular weight is 177 g/mol. The van der Waals surface area contributed by atoms with Gasteiger partial charge in [-0.2, -0.15) is 4.73 Å². The van der Waals surface area contributed by atoms with E-state index in [1.807, 2.05) is 19.2 Å². The third-order valence-electron chi connectivity index (χ3n) is 2.13. The molecular weight excluding hydrogens is 166 g/mol. The van der Waals surface area contributed by atoms with Crippen molar-refractivity contribution in [1.29, 1.82) is 0 Å². The lowest BCUT2D eigenvalue weighted by molar-refractivity contribution is 0.200. The van der Waals surface area contributed by atoms with E-state index < -0.39 is 0 Å². The van der Waals surface area contributed by atoms with E-state index in [1.165, 1.54) is 0 Å². The highest BCUT2D eigenvalue weighted by atomic mass is 16.5. The lowest BCUT2D eigenvalue weighted by Gasteiger charge is -2.04. The predicted molar refractivity (Wildman–Crippen MR) is 53.1 cm³/mol.